The molecule has 1 saturated heterocycles. The van der Waals surface area contributed by atoms with E-state index in [0.29, 0.717) is 5.56 Å². The number of amides is 1. The maximum atomic E-state index is 12.0. The van der Waals surface area contributed by atoms with Crippen LogP contribution in [0, 0.1) is 11.8 Å². The number of aliphatic hydroxyl groups excluding tert-OH is 3. The first-order valence-corrected chi connectivity index (χ1v) is 9.44. The minimum Gasteiger partial charge on any atom is -0.394 e. The molecule has 0 radical (unpaired) electrons. The van der Waals surface area contributed by atoms with Crippen LogP contribution in [0.25, 0.3) is 11.2 Å². The summed E-state index contributed by atoms with van der Waals surface area (Å²) >= 11 is 0. The number of anilines is 1. The number of aromatic nitrogens is 4. The Balaban J connectivity index is 1.53. The number of carbonyl (C=O) groups excluding carboxylic acids is 1. The average molecular weight is 424 g/mol. The van der Waals surface area contributed by atoms with E-state index in [1.165, 1.54) is 10.9 Å². The number of nitrogens with two attached hydrogens (primary N) is 1. The van der Waals surface area contributed by atoms with E-state index >= 15 is 0 Å². The quantitative estimate of drug-likeness (QED) is 0.323. The predicted molar refractivity (Wildman–Crippen MR) is 108 cm³/mol. The van der Waals surface area contributed by atoms with Gasteiger partial charge in [-0.2, -0.15) is 0 Å². The van der Waals surface area contributed by atoms with Gasteiger partial charge in [0.15, 0.2) is 17.7 Å². The number of hydrogen-bond donors (Lipinski definition) is 5. The Morgan fingerprint density at radius 3 is 2.71 bits per heavy atom. The summed E-state index contributed by atoms with van der Waals surface area (Å²) in [6.07, 6.45) is -3.16. The number of carbonyl (C=O) groups is 1. The molecular weight excluding hydrogens is 404 g/mol. The molecule has 6 N–H and O–H groups in total. The summed E-state index contributed by atoms with van der Waals surface area (Å²) in [7, 11) is 0. The van der Waals surface area contributed by atoms with Gasteiger partial charge in [-0.05, 0) is 18.1 Å². The van der Waals surface area contributed by atoms with Crippen molar-refractivity contribution in [2.45, 2.75) is 24.5 Å². The Hall–Kier alpha value is -3.56. The number of imidazole rings is 1. The van der Waals surface area contributed by atoms with Crippen LogP contribution in [0.5, 0.6) is 0 Å². The largest absolute Gasteiger partial charge is 0.394 e. The first-order chi connectivity index (χ1) is 15.0. The lowest BCUT2D eigenvalue weighted by Gasteiger charge is -2.16. The molecular formula is C20H20N6O5. The van der Waals surface area contributed by atoms with Gasteiger partial charge in [0.2, 0.25) is 5.82 Å². The van der Waals surface area contributed by atoms with Gasteiger partial charge in [0, 0.05) is 5.56 Å². The van der Waals surface area contributed by atoms with Gasteiger partial charge in [-0.15, -0.1) is 0 Å². The molecule has 0 spiro atoms. The smallest absolute Gasteiger partial charge is 0.252 e. The molecule has 0 aliphatic carbocycles. The standard InChI is InChI=1S/C20H20N6O5/c21-17-14-18(26(10-23-14)20-16(29)15(28)12(9-27)31-20)25-13(24-17)7-4-8-22-19(30)11-5-2-1-3-6-11/h1-3,5-6,10,12,15-16,20,27-29H,8-9H2,(H,22,30)(H2,21,24,25)/t12-,15-,16-,20-/m1/s1. The molecule has 4 rings (SSSR count). The molecule has 0 saturated carbocycles. The van der Waals surface area contributed by atoms with Gasteiger partial charge in [-0.25, -0.2) is 15.0 Å². The van der Waals surface area contributed by atoms with E-state index < -0.39 is 31.1 Å². The van der Waals surface area contributed by atoms with E-state index in [4.69, 9.17) is 10.5 Å². The summed E-state index contributed by atoms with van der Waals surface area (Å²) in [4.78, 5) is 24.6. The first kappa shape index (κ1) is 20.7. The third-order valence-corrected chi connectivity index (χ3v) is 4.81. The summed E-state index contributed by atoms with van der Waals surface area (Å²) < 4.78 is 6.92. The lowest BCUT2D eigenvalue weighted by atomic mass is 10.1. The molecule has 1 aliphatic rings. The second kappa shape index (κ2) is 8.66. The lowest BCUT2D eigenvalue weighted by molar-refractivity contribution is -0.0511. The van der Waals surface area contributed by atoms with E-state index in [1.54, 1.807) is 24.3 Å². The topological polar surface area (TPSA) is 169 Å². The Morgan fingerprint density at radius 1 is 1.23 bits per heavy atom. The van der Waals surface area contributed by atoms with Gasteiger partial charge in [0.25, 0.3) is 5.91 Å². The van der Waals surface area contributed by atoms with Crippen LogP contribution in [0.4, 0.5) is 5.82 Å². The number of benzene rings is 1. The minimum absolute atomic E-state index is 0.0725. The molecule has 1 aliphatic heterocycles. The molecule has 1 aromatic carbocycles. The Bertz CT molecular complexity index is 1160. The predicted octanol–water partition coefficient (Wildman–Crippen LogP) is -1.20. The Labute approximate surface area is 176 Å². The average Bonchev–Trinajstić information content (AvgIpc) is 3.33. The van der Waals surface area contributed by atoms with Crippen molar-refractivity contribution in [2.75, 3.05) is 18.9 Å². The summed E-state index contributed by atoms with van der Waals surface area (Å²) in [6, 6.07) is 8.74. The Kier molecular flexibility index (Phi) is 5.79. The van der Waals surface area contributed by atoms with Crippen molar-refractivity contribution in [3.63, 3.8) is 0 Å². The molecule has 1 amide bonds. The van der Waals surface area contributed by atoms with Crippen molar-refractivity contribution < 1.29 is 24.9 Å². The molecule has 31 heavy (non-hydrogen) atoms. The van der Waals surface area contributed by atoms with Crippen molar-refractivity contribution in [2.24, 2.45) is 0 Å². The molecule has 0 unspecified atom stereocenters. The summed E-state index contributed by atoms with van der Waals surface area (Å²) in [5.41, 5.74) is 7.01. The van der Waals surface area contributed by atoms with Gasteiger partial charge in [-0.1, -0.05) is 24.1 Å². The zero-order valence-corrected chi connectivity index (χ0v) is 16.2. The first-order valence-electron chi connectivity index (χ1n) is 9.44. The highest BCUT2D eigenvalue weighted by atomic mass is 16.6. The summed E-state index contributed by atoms with van der Waals surface area (Å²) in [5, 5.41) is 32.2. The zero-order valence-electron chi connectivity index (χ0n) is 16.2. The maximum Gasteiger partial charge on any atom is 0.252 e. The monoisotopic (exact) mass is 424 g/mol. The van der Waals surface area contributed by atoms with Gasteiger partial charge in [-0.3, -0.25) is 9.36 Å². The third-order valence-electron chi connectivity index (χ3n) is 4.81. The van der Waals surface area contributed by atoms with Crippen molar-refractivity contribution in [1.29, 1.82) is 0 Å². The normalized spacial score (nSPS) is 22.8. The molecule has 160 valence electrons. The fraction of sp³-hybridized carbons (Fsp3) is 0.300. The molecule has 1 fully saturated rings. The van der Waals surface area contributed by atoms with E-state index in [2.05, 4.69) is 32.1 Å². The number of ether oxygens (including phenoxy) is 1. The molecule has 3 aromatic rings. The van der Waals surface area contributed by atoms with Gasteiger partial charge in [0.1, 0.15) is 23.8 Å². The number of aliphatic hydroxyl groups is 3. The molecule has 2 aromatic heterocycles. The Morgan fingerprint density at radius 2 is 2.00 bits per heavy atom. The molecule has 0 bridgehead atoms. The van der Waals surface area contributed by atoms with Crippen LogP contribution >= 0.6 is 0 Å². The maximum absolute atomic E-state index is 12.0. The molecule has 4 atom stereocenters. The number of fused-ring (bicyclic) bond motifs is 1. The lowest BCUT2D eigenvalue weighted by Crippen LogP contribution is -2.33. The van der Waals surface area contributed by atoms with E-state index in [1.807, 2.05) is 6.07 Å². The third kappa shape index (κ3) is 4.05. The van der Waals surface area contributed by atoms with E-state index in [0.717, 1.165) is 0 Å². The fourth-order valence-corrected chi connectivity index (χ4v) is 3.23. The highest BCUT2D eigenvalue weighted by molar-refractivity contribution is 5.94. The van der Waals surface area contributed by atoms with Crippen molar-refractivity contribution >= 4 is 22.9 Å². The molecule has 11 nitrogen and oxygen atoms in total. The van der Waals surface area contributed by atoms with E-state index in [-0.39, 0.29) is 35.3 Å². The highest BCUT2D eigenvalue weighted by Crippen LogP contribution is 2.31. The fourth-order valence-electron chi connectivity index (χ4n) is 3.23. The highest BCUT2D eigenvalue weighted by Gasteiger charge is 2.44. The van der Waals surface area contributed by atoms with Crippen LogP contribution in [0.1, 0.15) is 22.4 Å². The van der Waals surface area contributed by atoms with Crippen LogP contribution in [-0.2, 0) is 4.74 Å². The summed E-state index contributed by atoms with van der Waals surface area (Å²) in [5.74, 6) is 5.40. The second-order valence-corrected chi connectivity index (χ2v) is 6.84. The molecule has 11 heteroatoms. The van der Waals surface area contributed by atoms with Crippen LogP contribution < -0.4 is 11.1 Å². The van der Waals surface area contributed by atoms with Crippen molar-refractivity contribution in [1.82, 2.24) is 24.8 Å². The van der Waals surface area contributed by atoms with Crippen molar-refractivity contribution in [3.8, 4) is 11.8 Å². The number of nitrogens with one attached hydrogen (secondary N) is 1. The van der Waals surface area contributed by atoms with E-state index in [9.17, 15) is 20.1 Å². The van der Waals surface area contributed by atoms with Crippen LogP contribution in [0.15, 0.2) is 36.7 Å². The number of rotatable bonds is 4. The SMILES string of the molecule is Nc1nc(C#CCNC(=O)c2ccccc2)nc2c1ncn2[C@@H]1O[C@H](CO)[C@@H](O)[C@H]1O. The van der Waals surface area contributed by atoms with Crippen LogP contribution in [0.2, 0.25) is 0 Å². The summed E-state index contributed by atoms with van der Waals surface area (Å²) in [6.45, 7) is -0.382. The van der Waals surface area contributed by atoms with Crippen LogP contribution in [0.3, 0.4) is 0 Å². The number of hydrogen-bond acceptors (Lipinski definition) is 9. The molecule has 3 heterocycles. The van der Waals surface area contributed by atoms with Crippen LogP contribution in [-0.4, -0.2) is 72.2 Å². The number of nitrogens with zero attached hydrogens (tertiary/aromatic N) is 4. The minimum atomic E-state index is -1.30. The zero-order chi connectivity index (χ0) is 22.0. The van der Waals surface area contributed by atoms with Gasteiger partial charge < -0.3 is 31.1 Å². The van der Waals surface area contributed by atoms with Gasteiger partial charge >= 0.3 is 0 Å². The van der Waals surface area contributed by atoms with Crippen molar-refractivity contribution in [3.05, 3.63) is 48.0 Å². The van der Waals surface area contributed by atoms with Gasteiger partial charge in [0.05, 0.1) is 19.5 Å². The number of nitrogen functional groups attached to an aromatic ring is 1. The second-order valence-electron chi connectivity index (χ2n) is 6.84.